The third kappa shape index (κ3) is 3.12. The van der Waals surface area contributed by atoms with Crippen molar-refractivity contribution in [2.24, 2.45) is 0 Å². The Kier molecular flexibility index (Phi) is 4.35. The van der Waals surface area contributed by atoms with Crippen LogP contribution in [-0.2, 0) is 0 Å². The van der Waals surface area contributed by atoms with Crippen LogP contribution in [0.1, 0.15) is 0 Å². The zero-order valence-electron chi connectivity index (χ0n) is 18.9. The zero-order valence-corrected chi connectivity index (χ0v) is 18.9. The molecule has 0 saturated heterocycles. The molecule has 0 radical (unpaired) electrons. The van der Waals surface area contributed by atoms with E-state index in [0.29, 0.717) is 21.8 Å². The maximum atomic E-state index is 10.4. The van der Waals surface area contributed by atoms with Crippen molar-refractivity contribution >= 4 is 43.6 Å². The lowest BCUT2D eigenvalue weighted by molar-refractivity contribution is 0.481. The Labute approximate surface area is 205 Å². The van der Waals surface area contributed by atoms with Gasteiger partial charge in [0.05, 0.1) is 22.4 Å². The second-order valence-electron chi connectivity index (χ2n) is 8.71. The number of hydrogen-bond acceptors (Lipinski definition) is 6. The molecule has 7 aromatic rings. The summed E-state index contributed by atoms with van der Waals surface area (Å²) in [6.45, 7) is 0. The Bertz CT molecular complexity index is 1840. The summed E-state index contributed by atoms with van der Waals surface area (Å²) in [5.74, 6) is 0.389. The van der Waals surface area contributed by atoms with E-state index in [1.807, 2.05) is 54.6 Å². The van der Waals surface area contributed by atoms with Gasteiger partial charge in [-0.15, -0.1) is 0 Å². The standard InChI is InChI=1S/C30H18N4O2/c35-25-15-19-8-10-23(33-27(19)29-21(25)6-2-12-31-29)17-4-1-5-18(14-17)24-11-9-20-16-26(36)22-7-3-13-32-30(22)28(20)34-24/h1-16,35-36H. The summed E-state index contributed by atoms with van der Waals surface area (Å²) in [5.41, 5.74) is 6.33. The van der Waals surface area contributed by atoms with Crippen molar-refractivity contribution in [2.45, 2.75) is 0 Å². The molecule has 2 N–H and O–H groups in total. The lowest BCUT2D eigenvalue weighted by Crippen LogP contribution is -1.91. The van der Waals surface area contributed by atoms with Crippen molar-refractivity contribution in [3.63, 3.8) is 0 Å². The molecule has 6 nitrogen and oxygen atoms in total. The van der Waals surface area contributed by atoms with Crippen molar-refractivity contribution in [3.8, 4) is 34.0 Å². The first-order valence-electron chi connectivity index (χ1n) is 11.5. The van der Waals surface area contributed by atoms with Crippen LogP contribution in [0.4, 0.5) is 0 Å². The van der Waals surface area contributed by atoms with Gasteiger partial charge in [-0.2, -0.15) is 0 Å². The molecule has 3 aromatic carbocycles. The van der Waals surface area contributed by atoms with E-state index in [9.17, 15) is 10.2 Å². The van der Waals surface area contributed by atoms with Crippen LogP contribution >= 0.6 is 0 Å². The maximum absolute atomic E-state index is 10.4. The summed E-state index contributed by atoms with van der Waals surface area (Å²) >= 11 is 0. The smallest absolute Gasteiger partial charge is 0.125 e. The van der Waals surface area contributed by atoms with Crippen molar-refractivity contribution in [1.29, 1.82) is 0 Å². The van der Waals surface area contributed by atoms with Gasteiger partial charge in [0.25, 0.3) is 0 Å². The molecule has 0 saturated carbocycles. The molecule has 4 aromatic heterocycles. The Morgan fingerprint density at radius 2 is 0.972 bits per heavy atom. The Morgan fingerprint density at radius 3 is 1.47 bits per heavy atom. The number of nitrogens with zero attached hydrogens (tertiary/aromatic N) is 4. The van der Waals surface area contributed by atoms with E-state index < -0.39 is 0 Å². The Hall–Kier alpha value is -5.10. The van der Waals surface area contributed by atoms with Gasteiger partial charge >= 0.3 is 0 Å². The van der Waals surface area contributed by atoms with Gasteiger partial charge in [0.1, 0.15) is 22.5 Å². The molecule has 0 amide bonds. The topological polar surface area (TPSA) is 92.0 Å². The van der Waals surface area contributed by atoms with Crippen LogP contribution in [0, 0.1) is 0 Å². The second-order valence-corrected chi connectivity index (χ2v) is 8.71. The van der Waals surface area contributed by atoms with Gasteiger partial charge in [-0.1, -0.05) is 30.3 Å². The van der Waals surface area contributed by atoms with Crippen LogP contribution < -0.4 is 0 Å². The van der Waals surface area contributed by atoms with Crippen LogP contribution in [-0.4, -0.2) is 30.1 Å². The first kappa shape index (κ1) is 20.3. The van der Waals surface area contributed by atoms with Gasteiger partial charge < -0.3 is 10.2 Å². The first-order chi connectivity index (χ1) is 17.7. The number of benzene rings is 3. The van der Waals surface area contributed by atoms with E-state index in [4.69, 9.17) is 9.97 Å². The van der Waals surface area contributed by atoms with E-state index in [1.165, 1.54) is 0 Å². The molecule has 0 aliphatic rings. The number of fused-ring (bicyclic) bond motifs is 6. The number of aromatic nitrogens is 4. The minimum Gasteiger partial charge on any atom is -0.507 e. The number of phenols is 2. The summed E-state index contributed by atoms with van der Waals surface area (Å²) in [5, 5.41) is 23.8. The van der Waals surface area contributed by atoms with Crippen LogP contribution in [0.3, 0.4) is 0 Å². The number of hydrogen-bond donors (Lipinski definition) is 2. The molecule has 0 fully saturated rings. The van der Waals surface area contributed by atoms with Gasteiger partial charge in [0.15, 0.2) is 0 Å². The highest BCUT2D eigenvalue weighted by Gasteiger charge is 2.12. The molecule has 6 heteroatoms. The minimum atomic E-state index is 0.194. The molecular weight excluding hydrogens is 448 g/mol. The van der Waals surface area contributed by atoms with E-state index >= 15 is 0 Å². The van der Waals surface area contributed by atoms with Crippen LogP contribution in [0.25, 0.3) is 66.1 Å². The molecule has 0 aliphatic heterocycles. The molecule has 36 heavy (non-hydrogen) atoms. The normalized spacial score (nSPS) is 11.6. The lowest BCUT2D eigenvalue weighted by Gasteiger charge is -2.10. The first-order valence-corrected chi connectivity index (χ1v) is 11.5. The Balaban J connectivity index is 1.38. The fourth-order valence-corrected chi connectivity index (χ4v) is 4.76. The summed E-state index contributed by atoms with van der Waals surface area (Å²) < 4.78 is 0. The highest BCUT2D eigenvalue weighted by molar-refractivity contribution is 6.07. The summed E-state index contributed by atoms with van der Waals surface area (Å²) in [6.07, 6.45) is 3.42. The van der Waals surface area contributed by atoms with Crippen LogP contribution in [0.5, 0.6) is 11.5 Å². The quantitative estimate of drug-likeness (QED) is 0.278. The number of phenolic OH excluding ortho intramolecular Hbond substituents is 2. The molecule has 0 atom stereocenters. The van der Waals surface area contributed by atoms with Crippen molar-refractivity contribution in [3.05, 3.63) is 97.3 Å². The SMILES string of the molecule is Oc1cc2ccc(-c3cccc(-c4ccc5cc(O)c6cccnc6c5n4)c3)nc2c2ncccc12. The number of rotatable bonds is 2. The van der Waals surface area contributed by atoms with Gasteiger partial charge in [0, 0.05) is 45.1 Å². The third-order valence-electron chi connectivity index (χ3n) is 6.51. The average Bonchev–Trinajstić information content (AvgIpc) is 2.93. The maximum Gasteiger partial charge on any atom is 0.125 e. The van der Waals surface area contributed by atoms with Gasteiger partial charge in [0.2, 0.25) is 0 Å². The molecule has 0 spiro atoms. The largest absolute Gasteiger partial charge is 0.507 e. The predicted octanol–water partition coefficient (Wildman–Crippen LogP) is 6.62. The molecule has 4 heterocycles. The van der Waals surface area contributed by atoms with Gasteiger partial charge in [-0.3, -0.25) is 9.97 Å². The van der Waals surface area contributed by atoms with Crippen LogP contribution in [0.15, 0.2) is 97.3 Å². The highest BCUT2D eigenvalue weighted by Crippen LogP contribution is 2.34. The van der Waals surface area contributed by atoms with E-state index in [-0.39, 0.29) is 11.5 Å². The monoisotopic (exact) mass is 466 g/mol. The molecular formula is C30H18N4O2. The molecule has 0 aliphatic carbocycles. The van der Waals surface area contributed by atoms with Crippen LogP contribution in [0.2, 0.25) is 0 Å². The van der Waals surface area contributed by atoms with E-state index in [2.05, 4.69) is 16.0 Å². The highest BCUT2D eigenvalue weighted by atomic mass is 16.3. The molecule has 7 rings (SSSR count). The van der Waals surface area contributed by atoms with Gasteiger partial charge in [-0.05, 0) is 54.6 Å². The number of pyridine rings is 4. The van der Waals surface area contributed by atoms with Crippen molar-refractivity contribution in [2.75, 3.05) is 0 Å². The van der Waals surface area contributed by atoms with E-state index in [0.717, 1.165) is 44.3 Å². The second kappa shape index (κ2) is 7.71. The minimum absolute atomic E-state index is 0.194. The number of aromatic hydroxyl groups is 2. The summed E-state index contributed by atoms with van der Waals surface area (Å²) in [4.78, 5) is 18.8. The molecule has 170 valence electrons. The summed E-state index contributed by atoms with van der Waals surface area (Å²) in [7, 11) is 0. The average molecular weight is 467 g/mol. The van der Waals surface area contributed by atoms with Gasteiger partial charge in [-0.25, -0.2) is 9.97 Å². The third-order valence-corrected chi connectivity index (χ3v) is 6.51. The fourth-order valence-electron chi connectivity index (χ4n) is 4.76. The van der Waals surface area contributed by atoms with Crippen molar-refractivity contribution in [1.82, 2.24) is 19.9 Å². The fraction of sp³-hybridized carbons (Fsp3) is 0. The van der Waals surface area contributed by atoms with E-state index in [1.54, 1.807) is 36.7 Å². The predicted molar refractivity (Wildman–Crippen MR) is 142 cm³/mol. The lowest BCUT2D eigenvalue weighted by atomic mass is 10.0. The molecule has 0 unspecified atom stereocenters. The Morgan fingerprint density at radius 1 is 0.472 bits per heavy atom. The molecule has 0 bridgehead atoms. The zero-order chi connectivity index (χ0) is 24.2. The van der Waals surface area contributed by atoms with Crippen molar-refractivity contribution < 1.29 is 10.2 Å². The summed E-state index contributed by atoms with van der Waals surface area (Å²) in [6, 6.07) is 26.6.